The molecule has 1 aliphatic heterocycles. The molecule has 1 N–H and O–H groups in total. The Morgan fingerprint density at radius 2 is 0.755 bits per heavy atom. The Morgan fingerprint density at radius 1 is 0.471 bits per heavy atom. The van der Waals surface area contributed by atoms with Gasteiger partial charge in [0.2, 0.25) is 0 Å². The molecular formula is C19H24B73BrN5O3S. The standard InChI is InChI=1S/C19H24BrN5O3S.B73/c1-12-10-24(7-8-25(12)18(27)28-19(2,3)4)15-5-6-21-9-13(15)22-16(26)14-11-29-17(20)23-14;1-38-57(39(2)3)66(56(36)37)71(67(58(40(4)5)41(6)7)59(42(8)9)43(10)11)73(70(64(52(28)29)53(30)31)65(54(32)33)55(34)35)72(68(60(44(12)13)45(14)15)61(46(16)17)47(18)19)69(62(48(20)21)49(22)23)63(50(24)25)51(26)27/h5-6,9,11-12H,7-8,10H2,1-4H3,(H,22,26);/t12-;/m1./s1. The highest BCUT2D eigenvalue weighted by molar-refractivity contribution is 9.11. The first kappa shape index (κ1) is 101. The molecule has 0 saturated carbocycles. The van der Waals surface area contributed by atoms with Crippen LogP contribution >= 0.6 is 27.3 Å². The fourth-order valence-electron chi connectivity index (χ4n) is 15.9. The summed E-state index contributed by atoms with van der Waals surface area (Å²) in [6.45, 7) is 9.34. The van der Waals surface area contributed by atoms with Gasteiger partial charge in [-0.25, -0.2) is 9.78 Å². The lowest BCUT2D eigenvalue weighted by Gasteiger charge is -2.60. The van der Waals surface area contributed by atoms with Gasteiger partial charge in [-0.2, -0.15) is 0 Å². The number of hydrogen-bond donors (Lipinski definition) is 1. The minimum Gasteiger partial charge on any atom is -0.444 e. The Labute approximate surface area is 692 Å². The van der Waals surface area contributed by atoms with Crippen molar-refractivity contribution >= 4 is 567 Å². The van der Waals surface area contributed by atoms with Crippen molar-refractivity contribution in [1.82, 2.24) is 14.9 Å². The van der Waals surface area contributed by atoms with Gasteiger partial charge in [-0.1, -0.05) is 0 Å². The third-order valence-corrected chi connectivity index (χ3v) is 21.0. The quantitative estimate of drug-likeness (QED) is 0.0674. The van der Waals surface area contributed by atoms with Gasteiger partial charge in [-0.3, -0.25) is 9.78 Å². The molecule has 2 amide bonds. The van der Waals surface area contributed by atoms with Crippen LogP contribution < -0.4 is 10.2 Å². The Hall–Kier alpha value is 2.54. The van der Waals surface area contributed by atoms with Crippen LogP contribution in [0.1, 0.15) is 38.2 Å². The van der Waals surface area contributed by atoms with E-state index in [1.54, 1.807) is 22.7 Å². The lowest BCUT2D eigenvalue weighted by molar-refractivity contribution is 0.0159. The maximum absolute atomic E-state index is 12.5. The molecule has 0 unspecified atom stereocenters. The predicted octanol–water partition coefficient (Wildman–Crippen LogP) is -23.8. The first-order valence-electron chi connectivity index (χ1n) is 33.2. The van der Waals surface area contributed by atoms with Crippen LogP contribution in [0, 0.1) is 0 Å². The maximum Gasteiger partial charge on any atom is 0.410 e. The van der Waals surface area contributed by atoms with Gasteiger partial charge in [0.15, 0.2) is 3.92 Å². The van der Waals surface area contributed by atoms with Gasteiger partial charge in [0.05, 0.1) is 17.6 Å². The molecule has 0 bridgehead atoms. The Bertz CT molecular complexity index is 2540. The van der Waals surface area contributed by atoms with E-state index in [4.69, 9.17) is 291 Å². The molecule has 375 valence electrons. The highest BCUT2D eigenvalue weighted by Gasteiger charge is 2.65. The maximum atomic E-state index is 12.5. The van der Waals surface area contributed by atoms with E-state index >= 15 is 0 Å². The molecule has 1 saturated heterocycles. The molecular weight excluding hydrogens is 1250 g/mol. The van der Waals surface area contributed by atoms with Crippen molar-refractivity contribution < 1.29 is 14.3 Å². The van der Waals surface area contributed by atoms with E-state index in [1.165, 1.54) is 11.3 Å². The van der Waals surface area contributed by atoms with Crippen molar-refractivity contribution in [3.8, 4) is 0 Å². The predicted molar refractivity (Wildman–Crippen MR) is 537 cm³/mol. The molecule has 0 aliphatic carbocycles. The van der Waals surface area contributed by atoms with Crippen molar-refractivity contribution in [3.05, 3.63) is 33.5 Å². The highest BCUT2D eigenvalue weighted by Crippen LogP contribution is 2.30. The number of anilines is 2. The molecule has 3 rings (SSSR count). The molecule has 2 aromatic rings. The number of amides is 2. The van der Waals surface area contributed by atoms with E-state index in [0.29, 0.717) is 34.9 Å². The number of piperazine rings is 1. The van der Waals surface area contributed by atoms with Gasteiger partial charge in [-0.05, 0) is 49.7 Å². The zero-order valence-electron chi connectivity index (χ0n) is 59.0. The van der Waals surface area contributed by atoms with Crippen LogP contribution in [0.25, 0.3) is 0 Å². The number of ether oxygens (including phenoxy) is 1. The minimum absolute atomic E-state index is 0.0372. The van der Waals surface area contributed by atoms with Crippen molar-refractivity contribution in [2.75, 3.05) is 29.9 Å². The average Bonchev–Trinajstić information content (AvgIpc) is 0.771. The SMILES string of the molecule is C[C@@H]1CN(c2ccncc2NC(=O)c2csc(Br)n2)CCN1C(=O)OC(C)(C)C.[B][B]B(B([B])[B])B(B([B])[B])B(B(B(B([B])[B])B([B])[B])B(B([B])[B])B([B])[B])B(B(B(B([B])[B])B([B])[B])B(B([B])[B])B([B])[B])B(B(B(B([B])[B])B([B])[B])B(B([B])[B])B([B])[B])B(B(B([B])[B])B([B])[B])B(B([B])[B])B([B])[B]. The number of thiazole rings is 1. The van der Waals surface area contributed by atoms with Crippen LogP contribution in [0.4, 0.5) is 16.2 Å². The Balaban J connectivity index is 0.000000998. The van der Waals surface area contributed by atoms with Gasteiger partial charge in [-0.15, -0.1) is 11.3 Å². The number of hydrogen-bond acceptors (Lipinski definition) is 7. The summed E-state index contributed by atoms with van der Waals surface area (Å²) in [6, 6.07) is 1.83. The summed E-state index contributed by atoms with van der Waals surface area (Å²) < 4.78 is 6.16. The second kappa shape index (κ2) is 46.2. The van der Waals surface area contributed by atoms with Gasteiger partial charge in [0, 0.05) is 554 Å². The van der Waals surface area contributed by atoms with Gasteiger partial charge < -0.3 is 19.9 Å². The van der Waals surface area contributed by atoms with E-state index in [2.05, 4.69) is 36.1 Å². The summed E-state index contributed by atoms with van der Waals surface area (Å²) >= 11 is 4.62. The van der Waals surface area contributed by atoms with Crippen LogP contribution in [0.3, 0.4) is 0 Å². The van der Waals surface area contributed by atoms with Gasteiger partial charge in [0.1, 0.15) is 11.3 Å². The van der Waals surface area contributed by atoms with Crippen molar-refractivity contribution in [3.63, 3.8) is 0 Å². The monoisotopic (exact) mass is 1280 g/mol. The minimum atomic E-state index is -1.76. The summed E-state index contributed by atoms with van der Waals surface area (Å²) in [4.78, 5) is 37.1. The number of nitrogens with one attached hydrogen (secondary N) is 1. The number of rotatable bonds is 38. The van der Waals surface area contributed by atoms with E-state index in [-0.39, 0.29) is 18.0 Å². The van der Waals surface area contributed by atoms with E-state index in [0.717, 1.165) is 12.7 Å². The second-order valence-electron chi connectivity index (χ2n) is 28.2. The number of nitrogens with zero attached hydrogens (tertiary/aromatic N) is 4. The number of aromatic nitrogens is 2. The topological polar surface area (TPSA) is 87.7 Å². The van der Waals surface area contributed by atoms with Gasteiger partial charge >= 0.3 is 6.09 Å². The van der Waals surface area contributed by atoms with Crippen LogP contribution in [-0.2, 0) is 4.74 Å². The number of halogens is 1. The number of carbonyl (C=O) groups is 2. The molecule has 75 radical (unpaired) electrons. The van der Waals surface area contributed by atoms with Crippen molar-refractivity contribution in [2.24, 2.45) is 0 Å². The third-order valence-electron chi connectivity index (χ3n) is 19.7. The fraction of sp³-hybridized carbons (Fsp3) is 0.474. The molecule has 1 aliphatic rings. The summed E-state index contributed by atoms with van der Waals surface area (Å²) in [5.41, 5.74) is 1.29. The third kappa shape index (κ3) is 27.9. The molecule has 2 aromatic heterocycles. The van der Waals surface area contributed by atoms with E-state index in [1.807, 2.05) is 33.8 Å². The van der Waals surface area contributed by atoms with Gasteiger partial charge in [0.25, 0.3) is 5.91 Å². The normalized spacial score (nSPS) is 11.9. The average molecular weight is 1270 g/mol. The van der Waals surface area contributed by atoms with Crippen molar-refractivity contribution in [1.29, 1.82) is 0 Å². The van der Waals surface area contributed by atoms with E-state index in [9.17, 15) is 9.59 Å². The summed E-state index contributed by atoms with van der Waals surface area (Å²) in [5.74, 6) is -0.290. The summed E-state index contributed by atoms with van der Waals surface area (Å²) in [6.07, 6.45) is -52.1. The zero-order valence-corrected chi connectivity index (χ0v) is 61.4. The lowest BCUT2D eigenvalue weighted by atomic mass is 8.21. The summed E-state index contributed by atoms with van der Waals surface area (Å²) in [7, 11) is 252. The fourth-order valence-corrected chi connectivity index (χ4v) is 16.9. The molecule has 83 heteroatoms. The van der Waals surface area contributed by atoms with Crippen LogP contribution in [-0.4, -0.2) is 575 Å². The van der Waals surface area contributed by atoms with Crippen LogP contribution in [0.2, 0.25) is 0 Å². The van der Waals surface area contributed by atoms with Crippen molar-refractivity contribution in [2.45, 2.75) is 39.3 Å². The number of carbonyl (C=O) groups excluding carboxylic acids is 2. The molecule has 1 fully saturated rings. The zero-order chi connectivity index (χ0) is 79.1. The molecule has 102 heavy (non-hydrogen) atoms. The van der Waals surface area contributed by atoms with E-state index < -0.39 is 229 Å². The summed E-state index contributed by atoms with van der Waals surface area (Å²) in [5, 5.41) is 4.58. The molecule has 8 nitrogen and oxygen atoms in total. The molecule has 0 spiro atoms. The lowest BCUT2D eigenvalue weighted by Crippen LogP contribution is -2.99. The molecule has 0 aromatic carbocycles. The highest BCUT2D eigenvalue weighted by atomic mass is 79.9. The first-order chi connectivity index (χ1) is 46.9. The van der Waals surface area contributed by atoms with Crippen LogP contribution in [0.15, 0.2) is 27.8 Å². The Morgan fingerprint density at radius 3 is 0.990 bits per heavy atom. The molecule has 3 heterocycles. The largest absolute Gasteiger partial charge is 0.444 e. The number of pyridine rings is 1. The first-order valence-corrected chi connectivity index (χ1v) is 34.9. The molecule has 1 atom stereocenters. The second-order valence-corrected chi connectivity index (χ2v) is 30.3. The smallest absolute Gasteiger partial charge is 0.410 e. The van der Waals surface area contributed by atoms with Crippen LogP contribution in [0.5, 0.6) is 0 Å². The Kier molecular flexibility index (Phi) is 45.6.